The zero-order valence-electron chi connectivity index (χ0n) is 19.2. The summed E-state index contributed by atoms with van der Waals surface area (Å²) in [4.78, 5) is 41.1. The van der Waals surface area contributed by atoms with Crippen LogP contribution in [0.3, 0.4) is 0 Å². The minimum atomic E-state index is -0.329. The van der Waals surface area contributed by atoms with Crippen molar-refractivity contribution in [1.82, 2.24) is 0 Å². The summed E-state index contributed by atoms with van der Waals surface area (Å²) >= 11 is 7.45. The van der Waals surface area contributed by atoms with Crippen molar-refractivity contribution >= 4 is 55.3 Å². The van der Waals surface area contributed by atoms with Crippen LogP contribution in [0.4, 0.5) is 5.69 Å². The second-order valence-corrected chi connectivity index (χ2v) is 12.9. The van der Waals surface area contributed by atoms with Crippen molar-refractivity contribution in [2.24, 2.45) is 41.4 Å². The first-order valence-corrected chi connectivity index (χ1v) is 14.0. The number of rotatable bonds is 4. The van der Waals surface area contributed by atoms with Crippen LogP contribution in [0.25, 0.3) is 0 Å². The van der Waals surface area contributed by atoms with Gasteiger partial charge in [-0.1, -0.05) is 59.1 Å². The summed E-state index contributed by atoms with van der Waals surface area (Å²) in [5, 5.41) is 0. The van der Waals surface area contributed by atoms with Gasteiger partial charge in [0.2, 0.25) is 11.8 Å². The molecular weight excluding hydrogens is 550 g/mol. The zero-order chi connectivity index (χ0) is 23.6. The summed E-state index contributed by atoms with van der Waals surface area (Å²) in [5.41, 5.74) is 0.999. The van der Waals surface area contributed by atoms with E-state index in [-0.39, 0.29) is 57.2 Å². The highest BCUT2D eigenvalue weighted by Crippen LogP contribution is 2.60. The number of benzene rings is 1. The summed E-state index contributed by atoms with van der Waals surface area (Å²) < 4.78 is 5.95. The normalized spacial score (nSPS) is 39.9. The molecule has 1 saturated heterocycles. The summed E-state index contributed by atoms with van der Waals surface area (Å²) in [5.74, 6) is 0.760. The van der Waals surface area contributed by atoms with Gasteiger partial charge in [0.25, 0.3) is 0 Å². The first-order chi connectivity index (χ1) is 15.7. The van der Waals surface area contributed by atoms with E-state index in [0.717, 1.165) is 19.3 Å². The number of fused-ring (bicyclic) bond motifs is 5. The van der Waals surface area contributed by atoms with Gasteiger partial charge in [0, 0.05) is 9.65 Å². The molecule has 0 spiro atoms. The van der Waals surface area contributed by atoms with Crippen LogP contribution in [0.5, 0.6) is 0 Å². The number of amides is 2. The van der Waals surface area contributed by atoms with E-state index in [1.165, 1.54) is 11.3 Å². The molecule has 33 heavy (non-hydrogen) atoms. The fourth-order valence-corrected chi connectivity index (χ4v) is 8.68. The fraction of sp³-hybridized carbons (Fsp3) is 0.654. The van der Waals surface area contributed by atoms with Crippen LogP contribution >= 0.6 is 31.9 Å². The van der Waals surface area contributed by atoms with E-state index in [2.05, 4.69) is 52.6 Å². The molecule has 2 amide bonds. The molecule has 0 radical (unpaired) electrons. The van der Waals surface area contributed by atoms with Crippen molar-refractivity contribution in [3.63, 3.8) is 0 Å². The lowest BCUT2D eigenvalue weighted by molar-refractivity contribution is -0.123. The van der Waals surface area contributed by atoms with Crippen molar-refractivity contribution in [1.29, 1.82) is 0 Å². The van der Waals surface area contributed by atoms with Gasteiger partial charge in [0.15, 0.2) is 0 Å². The molecule has 3 saturated carbocycles. The SMILES string of the molecule is CC(C)[C@H]1CC[C@@H](C)C[C@H]1OC(=O)c1ccc(N2C(=O)[C@@H]3[C@H]4C[C@@H]([C@H](Br)[C@H]4Br)[C@@H]3C2=O)cc1. The minimum absolute atomic E-state index is 0.0630. The average Bonchev–Trinajstić information content (AvgIpc) is 3.38. The Kier molecular flexibility index (Phi) is 6.26. The molecule has 7 heteroatoms. The quantitative estimate of drug-likeness (QED) is 0.265. The van der Waals surface area contributed by atoms with Crippen LogP contribution in [-0.4, -0.2) is 33.5 Å². The number of carbonyl (C=O) groups excluding carboxylic acids is 3. The lowest BCUT2D eigenvalue weighted by Crippen LogP contribution is -2.37. The Bertz CT molecular complexity index is 932. The van der Waals surface area contributed by atoms with Crippen molar-refractivity contribution in [2.75, 3.05) is 4.90 Å². The topological polar surface area (TPSA) is 63.7 Å². The van der Waals surface area contributed by atoms with Crippen molar-refractivity contribution in [3.05, 3.63) is 29.8 Å². The molecule has 1 aromatic carbocycles. The lowest BCUT2D eigenvalue weighted by atomic mass is 9.75. The van der Waals surface area contributed by atoms with Crippen molar-refractivity contribution in [3.8, 4) is 0 Å². The van der Waals surface area contributed by atoms with Gasteiger partial charge >= 0.3 is 5.97 Å². The van der Waals surface area contributed by atoms with Gasteiger partial charge in [-0.3, -0.25) is 14.5 Å². The maximum atomic E-state index is 13.2. The maximum Gasteiger partial charge on any atom is 0.338 e. The average molecular weight is 581 g/mol. The molecule has 5 rings (SSSR count). The third-order valence-corrected chi connectivity index (χ3v) is 11.8. The molecule has 1 aromatic rings. The Morgan fingerprint density at radius 2 is 1.55 bits per heavy atom. The molecule has 4 fully saturated rings. The number of nitrogens with zero attached hydrogens (tertiary/aromatic N) is 1. The van der Waals surface area contributed by atoms with Gasteiger partial charge in [-0.05, 0) is 73.1 Å². The van der Waals surface area contributed by atoms with Crippen LogP contribution in [0.15, 0.2) is 24.3 Å². The third kappa shape index (κ3) is 3.81. The monoisotopic (exact) mass is 579 g/mol. The molecule has 0 aromatic heterocycles. The summed E-state index contributed by atoms with van der Waals surface area (Å²) in [7, 11) is 0. The Balaban J connectivity index is 1.30. The standard InChI is InChI=1S/C26H31Br2NO4/c1-12(2)16-9-4-13(3)10-19(16)33-26(32)14-5-7-15(8-6-14)29-24(30)20-17-11-18(21(20)25(29)31)23(28)22(17)27/h5-8,12-13,16-23H,4,9-11H2,1-3H3/t13-,16-,17-,18-,19-,20-,21+,22+,23+/m1/s1. The second-order valence-electron chi connectivity index (χ2n) is 10.8. The van der Waals surface area contributed by atoms with Crippen LogP contribution in [0.2, 0.25) is 0 Å². The molecule has 178 valence electrons. The number of halogens is 2. The molecule has 4 aliphatic rings. The second kappa shape index (κ2) is 8.78. The van der Waals surface area contributed by atoms with Gasteiger partial charge in [0.05, 0.1) is 23.1 Å². The Morgan fingerprint density at radius 1 is 0.970 bits per heavy atom. The van der Waals surface area contributed by atoms with E-state index < -0.39 is 0 Å². The van der Waals surface area contributed by atoms with Crippen LogP contribution in [0, 0.1) is 41.4 Å². The van der Waals surface area contributed by atoms with Gasteiger partial charge in [-0.25, -0.2) is 4.79 Å². The lowest BCUT2D eigenvalue weighted by Gasteiger charge is -2.36. The first kappa shape index (κ1) is 23.5. The van der Waals surface area contributed by atoms with Crippen LogP contribution in [0.1, 0.15) is 56.8 Å². The van der Waals surface area contributed by atoms with Crippen molar-refractivity contribution < 1.29 is 19.1 Å². The number of carbonyl (C=O) groups is 3. The summed E-state index contributed by atoms with van der Waals surface area (Å²) in [6.07, 6.45) is 4.02. The molecule has 0 N–H and O–H groups in total. The highest BCUT2D eigenvalue weighted by molar-refractivity contribution is 9.12. The molecule has 3 aliphatic carbocycles. The molecule has 2 bridgehead atoms. The van der Waals surface area contributed by atoms with E-state index in [4.69, 9.17) is 4.74 Å². The number of hydrogen-bond acceptors (Lipinski definition) is 4. The smallest absolute Gasteiger partial charge is 0.338 e. The number of anilines is 1. The van der Waals surface area contributed by atoms with Gasteiger partial charge in [-0.15, -0.1) is 0 Å². The maximum absolute atomic E-state index is 13.2. The number of ether oxygens (including phenoxy) is 1. The Morgan fingerprint density at radius 3 is 2.09 bits per heavy atom. The van der Waals surface area contributed by atoms with Gasteiger partial charge < -0.3 is 4.74 Å². The van der Waals surface area contributed by atoms with Crippen LogP contribution in [-0.2, 0) is 14.3 Å². The molecule has 1 heterocycles. The highest BCUT2D eigenvalue weighted by atomic mass is 79.9. The predicted octanol–water partition coefficient (Wildman–Crippen LogP) is 5.59. The number of esters is 1. The van der Waals surface area contributed by atoms with E-state index in [1.54, 1.807) is 24.3 Å². The van der Waals surface area contributed by atoms with Crippen molar-refractivity contribution in [2.45, 2.75) is 62.2 Å². The van der Waals surface area contributed by atoms with E-state index >= 15 is 0 Å². The fourth-order valence-electron chi connectivity index (χ4n) is 6.81. The molecule has 5 nitrogen and oxygen atoms in total. The third-order valence-electron chi connectivity index (χ3n) is 8.57. The Hall–Kier alpha value is -1.21. The van der Waals surface area contributed by atoms with Gasteiger partial charge in [0.1, 0.15) is 6.10 Å². The molecular formula is C26H31Br2NO4. The number of hydrogen-bond donors (Lipinski definition) is 0. The largest absolute Gasteiger partial charge is 0.458 e. The first-order valence-electron chi connectivity index (χ1n) is 12.2. The number of alkyl halides is 2. The highest BCUT2D eigenvalue weighted by Gasteiger charge is 2.66. The van der Waals surface area contributed by atoms with Crippen LogP contribution < -0.4 is 4.90 Å². The Labute approximate surface area is 212 Å². The summed E-state index contributed by atoms with van der Waals surface area (Å²) in [6, 6.07) is 6.77. The van der Waals surface area contributed by atoms with Gasteiger partial charge in [-0.2, -0.15) is 0 Å². The minimum Gasteiger partial charge on any atom is -0.458 e. The molecule has 1 aliphatic heterocycles. The van der Waals surface area contributed by atoms with E-state index in [0.29, 0.717) is 29.0 Å². The molecule has 9 atom stereocenters. The summed E-state index contributed by atoms with van der Waals surface area (Å²) in [6.45, 7) is 6.60. The van der Waals surface area contributed by atoms with E-state index in [1.807, 2.05) is 0 Å². The number of imide groups is 1. The predicted molar refractivity (Wildman–Crippen MR) is 133 cm³/mol. The zero-order valence-corrected chi connectivity index (χ0v) is 22.4. The molecule has 0 unspecified atom stereocenters. The van der Waals surface area contributed by atoms with E-state index in [9.17, 15) is 14.4 Å².